The zero-order valence-corrected chi connectivity index (χ0v) is 11.9. The van der Waals surface area contributed by atoms with Crippen LogP contribution < -0.4 is 5.32 Å². The molecule has 0 unspecified atom stereocenters. The van der Waals surface area contributed by atoms with Crippen molar-refractivity contribution in [3.05, 3.63) is 35.4 Å². The normalized spacial score (nSPS) is 13.1. The minimum Gasteiger partial charge on any atom is -0.315 e. The molecule has 0 bridgehead atoms. The van der Waals surface area contributed by atoms with Crippen molar-refractivity contribution in [1.82, 2.24) is 5.32 Å². The lowest BCUT2D eigenvalue weighted by Gasteiger charge is -2.29. The molecule has 0 radical (unpaired) electrons. The molecule has 0 aliphatic carbocycles. The van der Waals surface area contributed by atoms with Crippen LogP contribution in [0.15, 0.2) is 24.3 Å². The van der Waals surface area contributed by atoms with Crippen LogP contribution in [0.3, 0.4) is 0 Å². The van der Waals surface area contributed by atoms with Crippen molar-refractivity contribution < 1.29 is 13.2 Å². The molecule has 108 valence electrons. The van der Waals surface area contributed by atoms with Gasteiger partial charge in [-0.05, 0) is 30.0 Å². The van der Waals surface area contributed by atoms with Gasteiger partial charge in [0.05, 0.1) is 5.56 Å². The van der Waals surface area contributed by atoms with Crippen LogP contribution in [0.4, 0.5) is 13.2 Å². The molecule has 1 rings (SSSR count). The van der Waals surface area contributed by atoms with Crippen molar-refractivity contribution in [3.8, 4) is 0 Å². The number of halogens is 3. The summed E-state index contributed by atoms with van der Waals surface area (Å²) in [6.45, 7) is 8.48. The Morgan fingerprint density at radius 1 is 1.05 bits per heavy atom. The molecule has 1 nitrogen and oxygen atoms in total. The van der Waals surface area contributed by atoms with E-state index in [1.807, 2.05) is 27.7 Å². The average Bonchev–Trinajstić information content (AvgIpc) is 2.27. The Labute approximate surface area is 113 Å². The molecule has 0 amide bonds. The van der Waals surface area contributed by atoms with Crippen molar-refractivity contribution in [3.63, 3.8) is 0 Å². The zero-order valence-electron chi connectivity index (χ0n) is 11.9. The first-order valence-electron chi connectivity index (χ1n) is 6.54. The quantitative estimate of drug-likeness (QED) is 0.840. The molecule has 0 aliphatic heterocycles. The van der Waals surface area contributed by atoms with Gasteiger partial charge in [0.1, 0.15) is 0 Å². The summed E-state index contributed by atoms with van der Waals surface area (Å²) in [6.07, 6.45) is -3.63. The SMILES string of the molecule is CC(C)NCCC(C)(C)c1ccccc1C(F)(F)F. The van der Waals surface area contributed by atoms with Gasteiger partial charge in [-0.15, -0.1) is 0 Å². The maximum absolute atomic E-state index is 13.0. The fourth-order valence-electron chi connectivity index (χ4n) is 2.13. The van der Waals surface area contributed by atoms with Crippen molar-refractivity contribution in [2.24, 2.45) is 0 Å². The first-order chi connectivity index (χ1) is 8.64. The minimum absolute atomic E-state index is 0.341. The topological polar surface area (TPSA) is 12.0 Å². The van der Waals surface area contributed by atoms with E-state index in [1.165, 1.54) is 6.07 Å². The van der Waals surface area contributed by atoms with Crippen LogP contribution in [-0.2, 0) is 11.6 Å². The van der Waals surface area contributed by atoms with E-state index in [9.17, 15) is 13.2 Å². The van der Waals surface area contributed by atoms with Gasteiger partial charge in [0.15, 0.2) is 0 Å². The van der Waals surface area contributed by atoms with Crippen LogP contribution in [0.25, 0.3) is 0 Å². The lowest BCUT2D eigenvalue weighted by atomic mass is 9.79. The Kier molecular flexibility index (Phi) is 5.02. The highest BCUT2D eigenvalue weighted by Crippen LogP contribution is 2.38. The predicted octanol–water partition coefficient (Wildman–Crippen LogP) is 4.37. The summed E-state index contributed by atoms with van der Waals surface area (Å²) in [5.74, 6) is 0. The fourth-order valence-corrected chi connectivity index (χ4v) is 2.13. The van der Waals surface area contributed by atoms with Crippen molar-refractivity contribution in [2.45, 2.75) is 51.7 Å². The fraction of sp³-hybridized carbons (Fsp3) is 0.600. The molecule has 0 heterocycles. The summed E-state index contributed by atoms with van der Waals surface area (Å²) in [5, 5.41) is 3.25. The Bertz CT molecular complexity index is 408. The molecule has 0 aromatic heterocycles. The molecule has 19 heavy (non-hydrogen) atoms. The number of nitrogens with one attached hydrogen (secondary N) is 1. The van der Waals surface area contributed by atoms with Crippen LogP contribution >= 0.6 is 0 Å². The lowest BCUT2D eigenvalue weighted by Crippen LogP contribution is -2.31. The predicted molar refractivity (Wildman–Crippen MR) is 72.2 cm³/mol. The minimum atomic E-state index is -4.29. The summed E-state index contributed by atoms with van der Waals surface area (Å²) in [5.41, 5.74) is -0.661. The number of rotatable bonds is 5. The first-order valence-corrected chi connectivity index (χ1v) is 6.54. The smallest absolute Gasteiger partial charge is 0.315 e. The second-order valence-electron chi connectivity index (χ2n) is 5.79. The van der Waals surface area contributed by atoms with E-state index in [2.05, 4.69) is 5.32 Å². The third-order valence-corrected chi connectivity index (χ3v) is 3.26. The molecule has 1 aromatic carbocycles. The van der Waals surface area contributed by atoms with E-state index in [1.54, 1.807) is 12.1 Å². The Hall–Kier alpha value is -1.03. The summed E-state index contributed by atoms with van der Waals surface area (Å²) in [7, 11) is 0. The number of alkyl halides is 3. The van der Waals surface area contributed by atoms with E-state index in [4.69, 9.17) is 0 Å². The van der Waals surface area contributed by atoms with E-state index >= 15 is 0 Å². The van der Waals surface area contributed by atoms with Gasteiger partial charge < -0.3 is 5.32 Å². The van der Waals surface area contributed by atoms with Crippen LogP contribution in [0.5, 0.6) is 0 Å². The second-order valence-corrected chi connectivity index (χ2v) is 5.79. The maximum atomic E-state index is 13.0. The summed E-state index contributed by atoms with van der Waals surface area (Å²) in [6, 6.07) is 6.19. The Morgan fingerprint density at radius 2 is 1.58 bits per heavy atom. The maximum Gasteiger partial charge on any atom is 0.416 e. The number of hydrogen-bond donors (Lipinski definition) is 1. The molecule has 0 aliphatic rings. The van der Waals surface area contributed by atoms with Gasteiger partial charge in [0.25, 0.3) is 0 Å². The Morgan fingerprint density at radius 3 is 2.05 bits per heavy atom. The molecular weight excluding hydrogens is 251 g/mol. The molecule has 1 N–H and O–H groups in total. The summed E-state index contributed by atoms with van der Waals surface area (Å²) >= 11 is 0. The molecule has 0 saturated carbocycles. The highest BCUT2D eigenvalue weighted by atomic mass is 19.4. The first kappa shape index (κ1) is 16.0. The average molecular weight is 273 g/mol. The van der Waals surface area contributed by atoms with E-state index in [-0.39, 0.29) is 0 Å². The lowest BCUT2D eigenvalue weighted by molar-refractivity contribution is -0.138. The van der Waals surface area contributed by atoms with Gasteiger partial charge in [0, 0.05) is 6.04 Å². The third kappa shape index (κ3) is 4.53. The van der Waals surface area contributed by atoms with E-state index in [0.29, 0.717) is 24.6 Å². The van der Waals surface area contributed by atoms with Crippen molar-refractivity contribution in [1.29, 1.82) is 0 Å². The molecule has 1 aromatic rings. The molecule has 0 fully saturated rings. The number of benzene rings is 1. The number of hydrogen-bond acceptors (Lipinski definition) is 1. The van der Waals surface area contributed by atoms with Gasteiger partial charge in [-0.2, -0.15) is 13.2 Å². The molecule has 0 spiro atoms. The van der Waals surface area contributed by atoms with Gasteiger partial charge in [0.2, 0.25) is 0 Å². The van der Waals surface area contributed by atoms with E-state index < -0.39 is 17.2 Å². The van der Waals surface area contributed by atoms with E-state index in [0.717, 1.165) is 6.07 Å². The van der Waals surface area contributed by atoms with Crippen molar-refractivity contribution in [2.75, 3.05) is 6.54 Å². The zero-order chi connectivity index (χ0) is 14.7. The van der Waals surface area contributed by atoms with Crippen LogP contribution in [-0.4, -0.2) is 12.6 Å². The standard InChI is InChI=1S/C15H22F3N/c1-11(2)19-10-9-14(3,4)12-7-5-6-8-13(12)15(16,17)18/h5-8,11,19H,9-10H2,1-4H3. The van der Waals surface area contributed by atoms with Crippen molar-refractivity contribution >= 4 is 0 Å². The van der Waals surface area contributed by atoms with Gasteiger partial charge in [-0.25, -0.2) is 0 Å². The Balaban J connectivity index is 2.94. The monoisotopic (exact) mass is 273 g/mol. The highest BCUT2D eigenvalue weighted by Gasteiger charge is 2.37. The van der Waals surface area contributed by atoms with Crippen LogP contribution in [0.1, 0.15) is 45.2 Å². The highest BCUT2D eigenvalue weighted by molar-refractivity contribution is 5.35. The van der Waals surface area contributed by atoms with Gasteiger partial charge in [-0.1, -0.05) is 45.9 Å². The van der Waals surface area contributed by atoms with Gasteiger partial charge >= 0.3 is 6.18 Å². The molecule has 0 atom stereocenters. The van der Waals surface area contributed by atoms with Crippen LogP contribution in [0, 0.1) is 0 Å². The third-order valence-electron chi connectivity index (χ3n) is 3.26. The summed E-state index contributed by atoms with van der Waals surface area (Å²) in [4.78, 5) is 0. The second kappa shape index (κ2) is 5.95. The largest absolute Gasteiger partial charge is 0.416 e. The molecule has 4 heteroatoms. The van der Waals surface area contributed by atoms with Crippen LogP contribution in [0.2, 0.25) is 0 Å². The molecule has 0 saturated heterocycles. The van der Waals surface area contributed by atoms with Gasteiger partial charge in [-0.3, -0.25) is 0 Å². The summed E-state index contributed by atoms with van der Waals surface area (Å²) < 4.78 is 39.0. The molecular formula is C15H22F3N.